The average molecular weight is 278 g/mol. The molecular formula is C16H26N2O2. The van der Waals surface area contributed by atoms with Crippen molar-refractivity contribution in [1.82, 2.24) is 5.32 Å². The molecule has 1 rings (SSSR count). The first-order valence-corrected chi connectivity index (χ1v) is 7.00. The van der Waals surface area contributed by atoms with Gasteiger partial charge in [-0.25, -0.2) is 0 Å². The molecule has 4 N–H and O–H groups in total. The minimum atomic E-state index is -0.521. The smallest absolute Gasteiger partial charge is 0.227 e. The number of carbonyl (C=O) groups excluding carboxylic acids is 1. The van der Waals surface area contributed by atoms with E-state index in [0.717, 1.165) is 5.56 Å². The number of anilines is 1. The Labute approximate surface area is 121 Å². The Bertz CT molecular complexity index is 452. The van der Waals surface area contributed by atoms with Gasteiger partial charge in [0.05, 0.1) is 12.0 Å². The number of aliphatic hydroxyl groups excluding tert-OH is 1. The zero-order valence-corrected chi connectivity index (χ0v) is 12.8. The van der Waals surface area contributed by atoms with Crippen molar-refractivity contribution in [2.45, 2.75) is 46.1 Å². The molecule has 0 aliphatic rings. The number of nitrogen functional groups attached to an aromatic ring is 1. The Morgan fingerprint density at radius 1 is 1.40 bits per heavy atom. The van der Waals surface area contributed by atoms with Gasteiger partial charge >= 0.3 is 0 Å². The van der Waals surface area contributed by atoms with Gasteiger partial charge in [0.1, 0.15) is 0 Å². The van der Waals surface area contributed by atoms with Gasteiger partial charge in [-0.1, -0.05) is 32.9 Å². The van der Waals surface area contributed by atoms with E-state index in [9.17, 15) is 9.90 Å². The van der Waals surface area contributed by atoms with Crippen LogP contribution >= 0.6 is 0 Å². The van der Waals surface area contributed by atoms with E-state index in [0.29, 0.717) is 12.1 Å². The second-order valence-electron chi connectivity index (χ2n) is 6.56. The summed E-state index contributed by atoms with van der Waals surface area (Å²) in [6.07, 6.45) is 0.131. The van der Waals surface area contributed by atoms with Crippen molar-refractivity contribution in [3.05, 3.63) is 29.8 Å². The third-order valence-corrected chi connectivity index (χ3v) is 3.16. The number of nitrogens with two attached hydrogens (primary N) is 1. The van der Waals surface area contributed by atoms with Crippen LogP contribution in [0.15, 0.2) is 24.3 Å². The van der Waals surface area contributed by atoms with Gasteiger partial charge in [0.15, 0.2) is 0 Å². The lowest BCUT2D eigenvalue weighted by molar-refractivity contribution is -0.122. The zero-order chi connectivity index (χ0) is 15.3. The van der Waals surface area contributed by atoms with Crippen LogP contribution in [0.25, 0.3) is 0 Å². The van der Waals surface area contributed by atoms with Crippen LogP contribution in [0.4, 0.5) is 5.69 Å². The molecule has 20 heavy (non-hydrogen) atoms. The van der Waals surface area contributed by atoms with E-state index in [-0.39, 0.29) is 23.8 Å². The predicted octanol–water partition coefficient (Wildman–Crippen LogP) is 2.29. The van der Waals surface area contributed by atoms with Crippen LogP contribution < -0.4 is 11.1 Å². The third kappa shape index (κ3) is 5.61. The summed E-state index contributed by atoms with van der Waals surface area (Å²) in [5.74, 6) is -0.371. The molecular weight excluding hydrogens is 252 g/mol. The van der Waals surface area contributed by atoms with Crippen molar-refractivity contribution < 1.29 is 9.90 Å². The van der Waals surface area contributed by atoms with E-state index < -0.39 is 6.10 Å². The SMILES string of the molecule is CC(C(=O)NCC(O)CC(C)(C)C)c1cccc(N)c1. The lowest BCUT2D eigenvalue weighted by Gasteiger charge is -2.23. The maximum absolute atomic E-state index is 12.1. The van der Waals surface area contributed by atoms with Crippen molar-refractivity contribution in [3.8, 4) is 0 Å². The van der Waals surface area contributed by atoms with Gasteiger partial charge in [0.25, 0.3) is 0 Å². The van der Waals surface area contributed by atoms with Crippen LogP contribution in [-0.2, 0) is 4.79 Å². The predicted molar refractivity (Wildman–Crippen MR) is 82.4 cm³/mol. The summed E-state index contributed by atoms with van der Waals surface area (Å²) in [7, 11) is 0. The maximum Gasteiger partial charge on any atom is 0.227 e. The summed E-state index contributed by atoms with van der Waals surface area (Å²) in [5, 5.41) is 12.7. The first-order valence-electron chi connectivity index (χ1n) is 7.00. The Kier molecular flexibility index (Phi) is 5.57. The quantitative estimate of drug-likeness (QED) is 0.723. The maximum atomic E-state index is 12.1. The molecule has 0 saturated carbocycles. The average Bonchev–Trinajstić information content (AvgIpc) is 2.33. The molecule has 2 atom stereocenters. The first-order chi connectivity index (χ1) is 9.19. The Balaban J connectivity index is 2.50. The second-order valence-corrected chi connectivity index (χ2v) is 6.56. The highest BCUT2D eigenvalue weighted by atomic mass is 16.3. The molecule has 0 fully saturated rings. The highest BCUT2D eigenvalue weighted by molar-refractivity contribution is 5.83. The lowest BCUT2D eigenvalue weighted by Crippen LogP contribution is -2.36. The van der Waals surface area contributed by atoms with Gasteiger partial charge in [-0.05, 0) is 36.5 Å². The summed E-state index contributed by atoms with van der Waals surface area (Å²) in [6, 6.07) is 7.31. The number of rotatable bonds is 5. The zero-order valence-electron chi connectivity index (χ0n) is 12.8. The summed E-state index contributed by atoms with van der Waals surface area (Å²) in [5.41, 5.74) is 7.29. The molecule has 0 aromatic heterocycles. The topological polar surface area (TPSA) is 75.3 Å². The van der Waals surface area contributed by atoms with Crippen LogP contribution in [-0.4, -0.2) is 23.7 Å². The van der Waals surface area contributed by atoms with Gasteiger partial charge in [0, 0.05) is 12.2 Å². The van der Waals surface area contributed by atoms with Crippen molar-refractivity contribution in [2.75, 3.05) is 12.3 Å². The van der Waals surface area contributed by atoms with Crippen LogP contribution in [0.1, 0.15) is 45.6 Å². The molecule has 0 radical (unpaired) electrons. The molecule has 2 unspecified atom stereocenters. The molecule has 0 aliphatic heterocycles. The fourth-order valence-electron chi connectivity index (χ4n) is 2.13. The van der Waals surface area contributed by atoms with Crippen molar-refractivity contribution in [1.29, 1.82) is 0 Å². The molecule has 4 nitrogen and oxygen atoms in total. The van der Waals surface area contributed by atoms with Gasteiger partial charge in [-0.15, -0.1) is 0 Å². The van der Waals surface area contributed by atoms with Gasteiger partial charge in [-0.3, -0.25) is 4.79 Å². The number of aliphatic hydroxyl groups is 1. The molecule has 0 spiro atoms. The van der Waals surface area contributed by atoms with E-state index in [4.69, 9.17) is 5.73 Å². The minimum Gasteiger partial charge on any atom is -0.399 e. The summed E-state index contributed by atoms with van der Waals surface area (Å²) >= 11 is 0. The molecule has 1 amide bonds. The van der Waals surface area contributed by atoms with E-state index in [1.54, 1.807) is 12.1 Å². The Morgan fingerprint density at radius 3 is 2.60 bits per heavy atom. The molecule has 4 heteroatoms. The third-order valence-electron chi connectivity index (χ3n) is 3.16. The largest absolute Gasteiger partial charge is 0.399 e. The fraction of sp³-hybridized carbons (Fsp3) is 0.562. The van der Waals surface area contributed by atoms with Crippen molar-refractivity contribution in [2.24, 2.45) is 5.41 Å². The lowest BCUT2D eigenvalue weighted by atomic mass is 9.89. The highest BCUT2D eigenvalue weighted by Gasteiger charge is 2.19. The van der Waals surface area contributed by atoms with Crippen LogP contribution in [0.2, 0.25) is 0 Å². The number of hydrogen-bond donors (Lipinski definition) is 3. The number of carbonyl (C=O) groups is 1. The van der Waals surface area contributed by atoms with Crippen molar-refractivity contribution >= 4 is 11.6 Å². The first kappa shape index (κ1) is 16.5. The molecule has 0 saturated heterocycles. The standard InChI is InChI=1S/C16H26N2O2/c1-11(12-6-5-7-13(17)8-12)15(20)18-10-14(19)9-16(2,3)4/h5-8,11,14,19H,9-10,17H2,1-4H3,(H,18,20). The molecule has 112 valence electrons. The monoisotopic (exact) mass is 278 g/mol. The van der Waals surface area contributed by atoms with Crippen molar-refractivity contribution in [3.63, 3.8) is 0 Å². The van der Waals surface area contributed by atoms with Crippen LogP contribution in [0.3, 0.4) is 0 Å². The molecule has 1 aromatic carbocycles. The highest BCUT2D eigenvalue weighted by Crippen LogP contribution is 2.21. The summed E-state index contributed by atoms with van der Waals surface area (Å²) in [4.78, 5) is 12.1. The summed E-state index contributed by atoms with van der Waals surface area (Å²) in [6.45, 7) is 8.30. The van der Waals surface area contributed by atoms with Gasteiger partial charge in [0.2, 0.25) is 5.91 Å². The van der Waals surface area contributed by atoms with Crippen LogP contribution in [0, 0.1) is 5.41 Å². The van der Waals surface area contributed by atoms with E-state index >= 15 is 0 Å². The van der Waals surface area contributed by atoms with Gasteiger partial charge < -0.3 is 16.2 Å². The number of amides is 1. The number of nitrogens with one attached hydrogen (secondary N) is 1. The Hall–Kier alpha value is -1.55. The molecule has 0 bridgehead atoms. The fourth-order valence-corrected chi connectivity index (χ4v) is 2.13. The number of hydrogen-bond acceptors (Lipinski definition) is 3. The minimum absolute atomic E-state index is 0.0453. The molecule has 0 aliphatic carbocycles. The Morgan fingerprint density at radius 2 is 2.05 bits per heavy atom. The van der Waals surface area contributed by atoms with Crippen LogP contribution in [0.5, 0.6) is 0 Å². The van der Waals surface area contributed by atoms with Gasteiger partial charge in [-0.2, -0.15) is 0 Å². The second kappa shape index (κ2) is 6.75. The van der Waals surface area contributed by atoms with E-state index in [1.165, 1.54) is 0 Å². The molecule has 1 aromatic rings. The molecule has 0 heterocycles. The summed E-state index contributed by atoms with van der Waals surface area (Å²) < 4.78 is 0. The normalized spacial score (nSPS) is 14.7. The number of benzene rings is 1. The van der Waals surface area contributed by atoms with E-state index in [1.807, 2.05) is 19.1 Å². The van der Waals surface area contributed by atoms with E-state index in [2.05, 4.69) is 26.1 Å².